The number of amides is 2. The molecular formula is C17H19FN2O4. The first-order valence-electron chi connectivity index (χ1n) is 7.83. The summed E-state index contributed by atoms with van der Waals surface area (Å²) < 4.78 is 19.3. The third kappa shape index (κ3) is 2.15. The molecule has 6 nitrogen and oxygen atoms in total. The Kier molecular flexibility index (Phi) is 3.91. The van der Waals surface area contributed by atoms with Crippen molar-refractivity contribution >= 4 is 17.8 Å². The summed E-state index contributed by atoms with van der Waals surface area (Å²) in [4.78, 5) is 38.6. The van der Waals surface area contributed by atoms with Gasteiger partial charge >= 0.3 is 5.97 Å². The number of nitrogens with zero attached hydrogens (tertiary/aromatic N) is 1. The number of hydrogen-bond acceptors (Lipinski definition) is 5. The fourth-order valence-electron chi connectivity index (χ4n) is 3.75. The molecule has 2 fully saturated rings. The molecule has 1 aromatic carbocycles. The number of imide groups is 1. The molecule has 3 rings (SSSR count). The van der Waals surface area contributed by atoms with Gasteiger partial charge in [0.25, 0.3) is 0 Å². The molecule has 128 valence electrons. The van der Waals surface area contributed by atoms with Gasteiger partial charge in [-0.2, -0.15) is 0 Å². The maximum atomic E-state index is 14.3. The Hall–Kier alpha value is -2.28. The van der Waals surface area contributed by atoms with Gasteiger partial charge in [0.1, 0.15) is 11.4 Å². The Bertz CT molecular complexity index is 722. The molecule has 0 bridgehead atoms. The molecule has 0 aromatic heterocycles. The van der Waals surface area contributed by atoms with E-state index in [4.69, 9.17) is 4.74 Å². The molecule has 0 unspecified atom stereocenters. The minimum Gasteiger partial charge on any atom is -0.465 e. The van der Waals surface area contributed by atoms with Crippen LogP contribution in [0, 0.1) is 17.7 Å². The maximum Gasteiger partial charge on any atom is 0.326 e. The Morgan fingerprint density at radius 3 is 2.62 bits per heavy atom. The van der Waals surface area contributed by atoms with Crippen molar-refractivity contribution in [2.24, 2.45) is 11.8 Å². The minimum absolute atomic E-state index is 0.149. The van der Waals surface area contributed by atoms with Crippen LogP contribution in [0.5, 0.6) is 0 Å². The number of halogens is 1. The molecule has 2 amide bonds. The minimum atomic E-state index is -1.38. The number of fused-ring (bicyclic) bond motifs is 1. The van der Waals surface area contributed by atoms with Gasteiger partial charge in [-0.3, -0.25) is 24.6 Å². The first-order chi connectivity index (χ1) is 11.3. The van der Waals surface area contributed by atoms with Gasteiger partial charge in [0.15, 0.2) is 0 Å². The van der Waals surface area contributed by atoms with Gasteiger partial charge in [-0.15, -0.1) is 0 Å². The van der Waals surface area contributed by atoms with Crippen LogP contribution in [0.3, 0.4) is 0 Å². The Balaban J connectivity index is 2.10. The van der Waals surface area contributed by atoms with E-state index in [1.807, 2.05) is 0 Å². The van der Waals surface area contributed by atoms with Gasteiger partial charge in [0.05, 0.1) is 18.4 Å². The van der Waals surface area contributed by atoms with E-state index in [2.05, 4.69) is 5.32 Å². The topological polar surface area (TPSA) is 75.7 Å². The quantitative estimate of drug-likeness (QED) is 0.660. The maximum absolute atomic E-state index is 14.3. The highest BCUT2D eigenvalue weighted by atomic mass is 19.1. The van der Waals surface area contributed by atoms with Crippen molar-refractivity contribution in [3.63, 3.8) is 0 Å². The highest BCUT2D eigenvalue weighted by Gasteiger charge is 2.66. The summed E-state index contributed by atoms with van der Waals surface area (Å²) in [6, 6.07) is 5.27. The first kappa shape index (κ1) is 16.6. The number of rotatable bonds is 3. The number of likely N-dealkylation sites (tertiary alicyclic amines) is 1. The highest BCUT2D eigenvalue weighted by molar-refractivity contribution is 6.09. The second kappa shape index (κ2) is 5.66. The SMILES string of the molecule is CCOC(=O)[C@]1(C)N[C@H](c2ccccc2F)[C@@H]2C(=O)N(C)C(=O)[C@H]21. The van der Waals surface area contributed by atoms with Crippen molar-refractivity contribution in [3.8, 4) is 0 Å². The molecule has 0 spiro atoms. The molecule has 2 saturated heterocycles. The fourth-order valence-corrected chi connectivity index (χ4v) is 3.75. The van der Waals surface area contributed by atoms with Gasteiger partial charge in [-0.05, 0) is 19.9 Å². The van der Waals surface area contributed by atoms with Crippen LogP contribution in [0.2, 0.25) is 0 Å². The first-order valence-corrected chi connectivity index (χ1v) is 7.83. The average Bonchev–Trinajstić information content (AvgIpc) is 2.98. The number of hydrogen-bond donors (Lipinski definition) is 1. The lowest BCUT2D eigenvalue weighted by Gasteiger charge is -2.28. The summed E-state index contributed by atoms with van der Waals surface area (Å²) in [6.45, 7) is 3.35. The Labute approximate surface area is 139 Å². The van der Waals surface area contributed by atoms with Gasteiger partial charge < -0.3 is 4.74 Å². The van der Waals surface area contributed by atoms with Crippen molar-refractivity contribution in [3.05, 3.63) is 35.6 Å². The van der Waals surface area contributed by atoms with Crippen LogP contribution in [0.1, 0.15) is 25.5 Å². The third-order valence-corrected chi connectivity index (χ3v) is 4.95. The zero-order chi connectivity index (χ0) is 17.6. The second-order valence-electron chi connectivity index (χ2n) is 6.31. The van der Waals surface area contributed by atoms with Crippen molar-refractivity contribution in [1.82, 2.24) is 10.2 Å². The van der Waals surface area contributed by atoms with Gasteiger partial charge in [0.2, 0.25) is 11.8 Å². The van der Waals surface area contributed by atoms with Crippen molar-refractivity contribution < 1.29 is 23.5 Å². The molecule has 4 atom stereocenters. The van der Waals surface area contributed by atoms with E-state index >= 15 is 0 Å². The standard InChI is InChI=1S/C17H19FN2O4/c1-4-24-16(23)17(2)12-11(14(21)20(3)15(12)22)13(19-17)9-7-5-6-8-10(9)18/h5-8,11-13,19H,4H2,1-3H3/t11-,12+,13-,17-/m1/s1. The summed E-state index contributed by atoms with van der Waals surface area (Å²) in [6.07, 6.45) is 0. The van der Waals surface area contributed by atoms with Crippen LogP contribution in [0.15, 0.2) is 24.3 Å². The molecule has 1 aromatic rings. The van der Waals surface area contributed by atoms with E-state index in [1.54, 1.807) is 25.1 Å². The molecule has 2 aliphatic rings. The number of esters is 1. The normalized spacial score (nSPS) is 32.2. The van der Waals surface area contributed by atoms with Crippen molar-refractivity contribution in [1.29, 1.82) is 0 Å². The number of benzene rings is 1. The molecule has 0 aliphatic carbocycles. The lowest BCUT2D eigenvalue weighted by atomic mass is 9.80. The van der Waals surface area contributed by atoms with Gasteiger partial charge in [-0.1, -0.05) is 18.2 Å². The zero-order valence-electron chi connectivity index (χ0n) is 13.7. The number of carbonyl (C=O) groups is 3. The van der Waals surface area contributed by atoms with Crippen molar-refractivity contribution in [2.45, 2.75) is 25.4 Å². The van der Waals surface area contributed by atoms with E-state index in [1.165, 1.54) is 20.0 Å². The predicted molar refractivity (Wildman–Crippen MR) is 82.1 cm³/mol. The second-order valence-corrected chi connectivity index (χ2v) is 6.31. The van der Waals surface area contributed by atoms with E-state index in [0.717, 1.165) is 4.90 Å². The number of carbonyl (C=O) groups excluding carboxylic acids is 3. The van der Waals surface area contributed by atoms with E-state index in [0.29, 0.717) is 0 Å². The smallest absolute Gasteiger partial charge is 0.326 e. The zero-order valence-corrected chi connectivity index (χ0v) is 13.7. The Morgan fingerprint density at radius 1 is 1.33 bits per heavy atom. The summed E-state index contributed by atoms with van der Waals surface area (Å²) in [7, 11) is 1.38. The van der Waals surface area contributed by atoms with Gasteiger partial charge in [-0.25, -0.2) is 4.39 Å². The Morgan fingerprint density at radius 2 is 2.00 bits per heavy atom. The molecular weight excluding hydrogens is 315 g/mol. The predicted octanol–water partition coefficient (Wildman–Crippen LogP) is 1.02. The molecule has 0 radical (unpaired) electrons. The molecule has 1 N–H and O–H groups in total. The largest absolute Gasteiger partial charge is 0.465 e. The summed E-state index contributed by atoms with van der Waals surface area (Å²) in [5.41, 5.74) is -1.12. The van der Waals surface area contributed by atoms with E-state index in [9.17, 15) is 18.8 Å². The molecule has 24 heavy (non-hydrogen) atoms. The summed E-state index contributed by atoms with van der Waals surface area (Å²) in [5, 5.41) is 3.01. The molecule has 7 heteroatoms. The molecule has 0 saturated carbocycles. The van der Waals surface area contributed by atoms with E-state index in [-0.39, 0.29) is 12.2 Å². The van der Waals surface area contributed by atoms with Crippen LogP contribution in [0.25, 0.3) is 0 Å². The highest BCUT2D eigenvalue weighted by Crippen LogP contribution is 2.48. The van der Waals surface area contributed by atoms with Crippen LogP contribution in [-0.2, 0) is 19.1 Å². The van der Waals surface area contributed by atoms with Crippen molar-refractivity contribution in [2.75, 3.05) is 13.7 Å². The lowest BCUT2D eigenvalue weighted by molar-refractivity contribution is -0.155. The average molecular weight is 334 g/mol. The van der Waals surface area contributed by atoms with Gasteiger partial charge in [0, 0.05) is 18.7 Å². The summed E-state index contributed by atoms with van der Waals surface area (Å²) in [5.74, 6) is -3.73. The van der Waals surface area contributed by atoms with E-state index < -0.39 is 47.0 Å². The van der Waals surface area contributed by atoms with Crippen LogP contribution in [-0.4, -0.2) is 41.9 Å². The number of nitrogens with one attached hydrogen (secondary N) is 1. The van der Waals surface area contributed by atoms with Crippen LogP contribution >= 0.6 is 0 Å². The third-order valence-electron chi connectivity index (χ3n) is 4.95. The monoisotopic (exact) mass is 334 g/mol. The van der Waals surface area contributed by atoms with Crippen LogP contribution in [0.4, 0.5) is 4.39 Å². The van der Waals surface area contributed by atoms with Crippen LogP contribution < -0.4 is 5.32 Å². The molecule has 2 aliphatic heterocycles. The number of ether oxygens (including phenoxy) is 1. The lowest BCUT2D eigenvalue weighted by Crippen LogP contribution is -2.53. The fraction of sp³-hybridized carbons (Fsp3) is 0.471. The summed E-state index contributed by atoms with van der Waals surface area (Å²) >= 11 is 0. The molecule has 2 heterocycles.